The fraction of sp³-hybridized carbons (Fsp3) is 0.625. The van der Waals surface area contributed by atoms with E-state index in [4.69, 9.17) is 9.47 Å². The molecule has 4 nitrogen and oxygen atoms in total. The van der Waals surface area contributed by atoms with Gasteiger partial charge in [0.05, 0.1) is 13.2 Å². The van der Waals surface area contributed by atoms with Crippen LogP contribution in [-0.2, 0) is 10.8 Å². The van der Waals surface area contributed by atoms with E-state index in [2.05, 4.69) is 19.2 Å². The van der Waals surface area contributed by atoms with E-state index in [0.717, 1.165) is 29.9 Å². The molecule has 0 bridgehead atoms. The van der Waals surface area contributed by atoms with Crippen molar-refractivity contribution >= 4 is 10.8 Å². The van der Waals surface area contributed by atoms with Gasteiger partial charge in [0, 0.05) is 28.9 Å². The van der Waals surface area contributed by atoms with Crippen molar-refractivity contribution < 1.29 is 13.7 Å². The van der Waals surface area contributed by atoms with Gasteiger partial charge in [0.2, 0.25) is 0 Å². The van der Waals surface area contributed by atoms with Crippen molar-refractivity contribution in [2.45, 2.75) is 32.7 Å². The molecule has 21 heavy (non-hydrogen) atoms. The Kier molecular flexibility index (Phi) is 8.38. The number of hydrogen-bond acceptors (Lipinski definition) is 4. The summed E-state index contributed by atoms with van der Waals surface area (Å²) in [6.45, 7) is 5.49. The molecular formula is C16H27NO3S. The van der Waals surface area contributed by atoms with E-state index in [9.17, 15) is 4.21 Å². The van der Waals surface area contributed by atoms with Crippen molar-refractivity contribution in [2.24, 2.45) is 0 Å². The summed E-state index contributed by atoms with van der Waals surface area (Å²) in [6.07, 6.45) is 3.63. The maximum atomic E-state index is 11.5. The summed E-state index contributed by atoms with van der Waals surface area (Å²) < 4.78 is 23.0. The van der Waals surface area contributed by atoms with Gasteiger partial charge in [-0.1, -0.05) is 19.9 Å². The molecule has 0 saturated carbocycles. The maximum Gasteiger partial charge on any atom is 0.161 e. The fourth-order valence-corrected chi connectivity index (χ4v) is 2.81. The minimum atomic E-state index is -0.853. The van der Waals surface area contributed by atoms with Gasteiger partial charge in [0.25, 0.3) is 0 Å². The zero-order valence-corrected chi connectivity index (χ0v) is 14.3. The second-order valence-electron chi connectivity index (χ2n) is 4.98. The van der Waals surface area contributed by atoms with Crippen LogP contribution in [0.1, 0.15) is 38.3 Å². The van der Waals surface area contributed by atoms with Crippen LogP contribution in [0.3, 0.4) is 0 Å². The minimum Gasteiger partial charge on any atom is -0.490 e. The molecule has 0 radical (unpaired) electrons. The molecule has 1 aromatic carbocycles. The van der Waals surface area contributed by atoms with Crippen molar-refractivity contribution in [2.75, 3.05) is 32.3 Å². The average molecular weight is 313 g/mol. The normalized spacial score (nSPS) is 13.7. The van der Waals surface area contributed by atoms with Crippen LogP contribution in [0.2, 0.25) is 0 Å². The van der Waals surface area contributed by atoms with Crippen LogP contribution in [0.5, 0.6) is 11.5 Å². The van der Waals surface area contributed by atoms with Crippen molar-refractivity contribution in [3.8, 4) is 11.5 Å². The van der Waals surface area contributed by atoms with Crippen molar-refractivity contribution in [1.29, 1.82) is 0 Å². The van der Waals surface area contributed by atoms with Gasteiger partial charge in [0.1, 0.15) is 0 Å². The predicted molar refractivity (Wildman–Crippen MR) is 88.7 cm³/mol. The van der Waals surface area contributed by atoms with E-state index >= 15 is 0 Å². The first-order chi connectivity index (χ1) is 10.1. The van der Waals surface area contributed by atoms with Crippen LogP contribution in [-0.4, -0.2) is 36.5 Å². The second-order valence-corrected chi connectivity index (χ2v) is 6.46. The summed E-state index contributed by atoms with van der Waals surface area (Å²) in [5.74, 6) is 2.13. The molecule has 0 amide bonds. The third-order valence-electron chi connectivity index (χ3n) is 3.04. The molecule has 1 N–H and O–H groups in total. The van der Waals surface area contributed by atoms with E-state index in [-0.39, 0.29) is 6.04 Å². The van der Waals surface area contributed by atoms with Gasteiger partial charge in [-0.25, -0.2) is 0 Å². The van der Waals surface area contributed by atoms with Crippen LogP contribution in [0.15, 0.2) is 18.2 Å². The number of hydrogen-bond donors (Lipinski definition) is 1. The summed E-state index contributed by atoms with van der Waals surface area (Å²) >= 11 is 0. The van der Waals surface area contributed by atoms with Gasteiger partial charge in [-0.15, -0.1) is 0 Å². The zero-order valence-electron chi connectivity index (χ0n) is 13.5. The predicted octanol–water partition coefficient (Wildman–Crippen LogP) is 2.90. The number of ether oxygens (including phenoxy) is 2. The van der Waals surface area contributed by atoms with E-state index in [0.29, 0.717) is 19.0 Å². The van der Waals surface area contributed by atoms with E-state index in [1.54, 1.807) is 6.26 Å². The van der Waals surface area contributed by atoms with E-state index in [1.807, 2.05) is 25.2 Å². The third kappa shape index (κ3) is 6.06. The Balaban J connectivity index is 2.97. The van der Waals surface area contributed by atoms with Gasteiger partial charge in [-0.05, 0) is 37.6 Å². The highest BCUT2D eigenvalue weighted by Crippen LogP contribution is 2.31. The Bertz CT molecular complexity index is 451. The Labute approximate surface area is 130 Å². The molecule has 1 rings (SSSR count). The topological polar surface area (TPSA) is 47.6 Å². The lowest BCUT2D eigenvalue weighted by Crippen LogP contribution is -2.22. The Morgan fingerprint density at radius 2 is 1.76 bits per heavy atom. The van der Waals surface area contributed by atoms with E-state index in [1.165, 1.54) is 0 Å². The zero-order chi connectivity index (χ0) is 15.7. The molecule has 120 valence electrons. The smallest absolute Gasteiger partial charge is 0.161 e. The number of nitrogens with one attached hydrogen (secondary N) is 1. The van der Waals surface area contributed by atoms with Gasteiger partial charge in [-0.2, -0.15) is 0 Å². The third-order valence-corrected chi connectivity index (χ3v) is 3.85. The maximum absolute atomic E-state index is 11.5. The second kappa shape index (κ2) is 9.79. The van der Waals surface area contributed by atoms with Crippen LogP contribution >= 0.6 is 0 Å². The van der Waals surface area contributed by atoms with Crippen LogP contribution in [0.4, 0.5) is 0 Å². The number of benzene rings is 1. The molecular weight excluding hydrogens is 286 g/mol. The minimum absolute atomic E-state index is 0.0556. The first kappa shape index (κ1) is 18.0. The quantitative estimate of drug-likeness (QED) is 0.721. The molecule has 0 aromatic heterocycles. The van der Waals surface area contributed by atoms with Gasteiger partial charge in [-0.3, -0.25) is 4.21 Å². The van der Waals surface area contributed by atoms with Crippen molar-refractivity contribution in [1.82, 2.24) is 5.32 Å². The van der Waals surface area contributed by atoms with Gasteiger partial charge < -0.3 is 14.8 Å². The summed E-state index contributed by atoms with van der Waals surface area (Å²) in [5.41, 5.74) is 1.07. The molecule has 5 heteroatoms. The van der Waals surface area contributed by atoms with Crippen LogP contribution in [0, 0.1) is 0 Å². The van der Waals surface area contributed by atoms with Crippen LogP contribution < -0.4 is 14.8 Å². The summed E-state index contributed by atoms with van der Waals surface area (Å²) in [6, 6.07) is 6.01. The lowest BCUT2D eigenvalue weighted by molar-refractivity contribution is 0.268. The molecule has 1 aromatic rings. The lowest BCUT2D eigenvalue weighted by atomic mass is 10.1. The molecule has 2 unspecified atom stereocenters. The van der Waals surface area contributed by atoms with E-state index < -0.39 is 10.8 Å². The molecule has 2 atom stereocenters. The first-order valence-corrected chi connectivity index (χ1v) is 9.21. The Morgan fingerprint density at radius 1 is 1.14 bits per heavy atom. The van der Waals surface area contributed by atoms with Gasteiger partial charge in [0.15, 0.2) is 11.5 Å². The molecule has 0 saturated heterocycles. The molecule has 0 aliphatic carbocycles. The average Bonchev–Trinajstić information content (AvgIpc) is 2.48. The number of rotatable bonds is 10. The SMILES string of the molecule is CCCOc1ccc(C(CS(C)=O)NC)cc1OCCC. The largest absolute Gasteiger partial charge is 0.490 e. The summed E-state index contributed by atoms with van der Waals surface area (Å²) in [4.78, 5) is 0. The van der Waals surface area contributed by atoms with Crippen LogP contribution in [0.25, 0.3) is 0 Å². The molecule has 0 fully saturated rings. The molecule has 0 spiro atoms. The monoisotopic (exact) mass is 313 g/mol. The first-order valence-electron chi connectivity index (χ1n) is 7.49. The standard InChI is InChI=1S/C16H27NO3S/c1-5-9-19-15-8-7-13(11-16(15)20-10-6-2)14(17-3)12-21(4)18/h7-8,11,14,17H,5-6,9-10,12H2,1-4H3. The summed E-state index contributed by atoms with van der Waals surface area (Å²) in [7, 11) is 1.03. The fourth-order valence-electron chi connectivity index (χ4n) is 1.98. The highest BCUT2D eigenvalue weighted by molar-refractivity contribution is 7.84. The molecule has 0 heterocycles. The molecule has 0 aliphatic heterocycles. The molecule has 0 aliphatic rings. The summed E-state index contributed by atoms with van der Waals surface area (Å²) in [5, 5.41) is 3.21. The highest BCUT2D eigenvalue weighted by atomic mass is 32.2. The highest BCUT2D eigenvalue weighted by Gasteiger charge is 2.14. The lowest BCUT2D eigenvalue weighted by Gasteiger charge is -2.18. The Morgan fingerprint density at radius 3 is 2.29 bits per heavy atom. The van der Waals surface area contributed by atoms with Crippen molar-refractivity contribution in [3.05, 3.63) is 23.8 Å². The van der Waals surface area contributed by atoms with Crippen molar-refractivity contribution in [3.63, 3.8) is 0 Å². The Hall–Kier alpha value is -1.07. The van der Waals surface area contributed by atoms with Gasteiger partial charge >= 0.3 is 0 Å².